The second kappa shape index (κ2) is 5.85. The Balaban J connectivity index is 2.88. The van der Waals surface area contributed by atoms with Crippen molar-refractivity contribution in [2.24, 2.45) is 11.7 Å². The number of aryl methyl sites for hydroxylation is 2. The third-order valence-electron chi connectivity index (χ3n) is 2.85. The standard InChI is InChI=1S/C14H23NO2S/c1-10(2)8-18(16,17)9-14(15)13-7-11(3)5-6-12(13)4/h5-7,10,14H,8-9,15H2,1-4H3. The molecule has 0 spiro atoms. The molecule has 0 aliphatic heterocycles. The Hall–Kier alpha value is -0.870. The summed E-state index contributed by atoms with van der Waals surface area (Å²) in [6.45, 7) is 7.75. The Morgan fingerprint density at radius 3 is 2.33 bits per heavy atom. The molecule has 0 amide bonds. The van der Waals surface area contributed by atoms with Gasteiger partial charge in [-0.25, -0.2) is 8.42 Å². The van der Waals surface area contributed by atoms with Gasteiger partial charge in [0.05, 0.1) is 11.5 Å². The van der Waals surface area contributed by atoms with Gasteiger partial charge in [-0.2, -0.15) is 0 Å². The lowest BCUT2D eigenvalue weighted by Crippen LogP contribution is -2.25. The molecule has 0 saturated carbocycles. The van der Waals surface area contributed by atoms with Gasteiger partial charge in [-0.1, -0.05) is 37.6 Å². The molecule has 1 unspecified atom stereocenters. The lowest BCUT2D eigenvalue weighted by molar-refractivity contribution is 0.575. The van der Waals surface area contributed by atoms with Crippen molar-refractivity contribution in [3.63, 3.8) is 0 Å². The van der Waals surface area contributed by atoms with Crippen LogP contribution in [0.1, 0.15) is 36.6 Å². The van der Waals surface area contributed by atoms with Crippen LogP contribution in [-0.4, -0.2) is 19.9 Å². The van der Waals surface area contributed by atoms with Crippen LogP contribution >= 0.6 is 0 Å². The van der Waals surface area contributed by atoms with Gasteiger partial charge in [0, 0.05) is 6.04 Å². The van der Waals surface area contributed by atoms with Gasteiger partial charge in [-0.3, -0.25) is 0 Å². The Morgan fingerprint density at radius 1 is 1.17 bits per heavy atom. The zero-order chi connectivity index (χ0) is 13.9. The van der Waals surface area contributed by atoms with E-state index in [1.165, 1.54) is 0 Å². The zero-order valence-corrected chi connectivity index (χ0v) is 12.4. The van der Waals surface area contributed by atoms with Gasteiger partial charge in [0.1, 0.15) is 0 Å². The Bertz CT molecular complexity index is 507. The summed E-state index contributed by atoms with van der Waals surface area (Å²) in [5.74, 6) is 0.363. The molecular formula is C14H23NO2S. The van der Waals surface area contributed by atoms with E-state index in [1.54, 1.807) is 0 Å². The summed E-state index contributed by atoms with van der Waals surface area (Å²) in [7, 11) is -3.08. The van der Waals surface area contributed by atoms with E-state index in [0.717, 1.165) is 16.7 Å². The average Bonchev–Trinajstić information content (AvgIpc) is 2.18. The second-order valence-electron chi connectivity index (χ2n) is 5.44. The molecule has 0 saturated heterocycles. The number of sulfone groups is 1. The normalized spacial score (nSPS) is 13.9. The van der Waals surface area contributed by atoms with E-state index in [2.05, 4.69) is 0 Å². The predicted octanol–water partition coefficient (Wildman–Crippen LogP) is 2.37. The summed E-state index contributed by atoms with van der Waals surface area (Å²) in [5.41, 5.74) is 9.13. The van der Waals surface area contributed by atoms with Crippen LogP contribution in [0.4, 0.5) is 0 Å². The summed E-state index contributed by atoms with van der Waals surface area (Å²) in [6.07, 6.45) is 0. The maximum Gasteiger partial charge on any atom is 0.152 e. The molecule has 0 heterocycles. The number of benzene rings is 1. The molecule has 1 aromatic carbocycles. The van der Waals surface area contributed by atoms with E-state index in [0.29, 0.717) is 0 Å². The number of hydrogen-bond donors (Lipinski definition) is 1. The average molecular weight is 269 g/mol. The molecule has 3 nitrogen and oxygen atoms in total. The third-order valence-corrected chi connectivity index (χ3v) is 4.90. The van der Waals surface area contributed by atoms with Crippen LogP contribution in [-0.2, 0) is 9.84 Å². The molecule has 0 aromatic heterocycles. The van der Waals surface area contributed by atoms with Crippen molar-refractivity contribution in [3.05, 3.63) is 34.9 Å². The highest BCUT2D eigenvalue weighted by molar-refractivity contribution is 7.91. The number of nitrogens with two attached hydrogens (primary N) is 1. The highest BCUT2D eigenvalue weighted by Crippen LogP contribution is 2.19. The van der Waals surface area contributed by atoms with Crippen LogP contribution in [0.25, 0.3) is 0 Å². The van der Waals surface area contributed by atoms with Gasteiger partial charge >= 0.3 is 0 Å². The molecule has 4 heteroatoms. The molecule has 1 atom stereocenters. The van der Waals surface area contributed by atoms with Gasteiger partial charge in [-0.15, -0.1) is 0 Å². The maximum absolute atomic E-state index is 11.9. The van der Waals surface area contributed by atoms with E-state index >= 15 is 0 Å². The number of hydrogen-bond acceptors (Lipinski definition) is 3. The van der Waals surface area contributed by atoms with Gasteiger partial charge < -0.3 is 5.73 Å². The third kappa shape index (κ3) is 4.42. The molecule has 1 aromatic rings. The monoisotopic (exact) mass is 269 g/mol. The van der Waals surface area contributed by atoms with Crippen molar-refractivity contribution in [1.29, 1.82) is 0 Å². The van der Waals surface area contributed by atoms with Gasteiger partial charge in [0.2, 0.25) is 0 Å². The fourth-order valence-electron chi connectivity index (χ4n) is 2.10. The Kier molecular flexibility index (Phi) is 4.93. The quantitative estimate of drug-likeness (QED) is 0.892. The van der Waals surface area contributed by atoms with Crippen LogP contribution in [0.3, 0.4) is 0 Å². The largest absolute Gasteiger partial charge is 0.323 e. The van der Waals surface area contributed by atoms with E-state index in [4.69, 9.17) is 5.73 Å². The smallest absolute Gasteiger partial charge is 0.152 e. The molecule has 1 rings (SSSR count). The van der Waals surface area contributed by atoms with Crippen molar-refractivity contribution >= 4 is 9.84 Å². The Labute approximate surface area is 110 Å². The van der Waals surface area contributed by atoms with Crippen molar-refractivity contribution in [2.45, 2.75) is 33.7 Å². The van der Waals surface area contributed by atoms with Crippen molar-refractivity contribution < 1.29 is 8.42 Å². The number of rotatable bonds is 5. The van der Waals surface area contributed by atoms with E-state index in [9.17, 15) is 8.42 Å². The summed E-state index contributed by atoms with van der Waals surface area (Å²) in [6, 6.07) is 5.53. The zero-order valence-electron chi connectivity index (χ0n) is 11.6. The fourth-order valence-corrected chi connectivity index (χ4v) is 3.98. The minimum Gasteiger partial charge on any atom is -0.323 e. The highest BCUT2D eigenvalue weighted by atomic mass is 32.2. The first kappa shape index (κ1) is 15.2. The first-order valence-corrected chi connectivity index (χ1v) is 8.06. The van der Waals surface area contributed by atoms with Crippen LogP contribution in [0.2, 0.25) is 0 Å². The molecule has 0 aliphatic rings. The predicted molar refractivity (Wildman–Crippen MR) is 76.3 cm³/mol. The molecular weight excluding hydrogens is 246 g/mol. The maximum atomic E-state index is 11.9. The fraction of sp³-hybridized carbons (Fsp3) is 0.571. The summed E-state index contributed by atoms with van der Waals surface area (Å²) < 4.78 is 23.9. The highest BCUT2D eigenvalue weighted by Gasteiger charge is 2.20. The van der Waals surface area contributed by atoms with E-state index < -0.39 is 15.9 Å². The van der Waals surface area contributed by atoms with Crippen LogP contribution in [0.5, 0.6) is 0 Å². The first-order valence-electron chi connectivity index (χ1n) is 6.24. The molecule has 0 radical (unpaired) electrons. The Morgan fingerprint density at radius 2 is 1.78 bits per heavy atom. The molecule has 0 fully saturated rings. The van der Waals surface area contributed by atoms with Crippen LogP contribution in [0.15, 0.2) is 18.2 Å². The summed E-state index contributed by atoms with van der Waals surface area (Å²) in [5, 5.41) is 0. The van der Waals surface area contributed by atoms with Crippen LogP contribution in [0, 0.1) is 19.8 Å². The second-order valence-corrected chi connectivity index (χ2v) is 7.59. The van der Waals surface area contributed by atoms with Crippen molar-refractivity contribution in [3.8, 4) is 0 Å². The molecule has 102 valence electrons. The lowest BCUT2D eigenvalue weighted by atomic mass is 10.0. The van der Waals surface area contributed by atoms with Gasteiger partial charge in [0.15, 0.2) is 9.84 Å². The van der Waals surface area contributed by atoms with Gasteiger partial charge in [0.25, 0.3) is 0 Å². The topological polar surface area (TPSA) is 60.2 Å². The molecule has 0 bridgehead atoms. The summed E-state index contributed by atoms with van der Waals surface area (Å²) >= 11 is 0. The summed E-state index contributed by atoms with van der Waals surface area (Å²) in [4.78, 5) is 0. The minimum atomic E-state index is -3.08. The van der Waals surface area contributed by atoms with E-state index in [1.807, 2.05) is 45.9 Å². The molecule has 18 heavy (non-hydrogen) atoms. The lowest BCUT2D eigenvalue weighted by Gasteiger charge is -2.16. The van der Waals surface area contributed by atoms with Crippen molar-refractivity contribution in [1.82, 2.24) is 0 Å². The molecule has 2 N–H and O–H groups in total. The van der Waals surface area contributed by atoms with Gasteiger partial charge in [-0.05, 0) is 30.9 Å². The van der Waals surface area contributed by atoms with E-state index in [-0.39, 0.29) is 17.4 Å². The van der Waals surface area contributed by atoms with Crippen molar-refractivity contribution in [2.75, 3.05) is 11.5 Å². The van der Waals surface area contributed by atoms with Crippen LogP contribution < -0.4 is 5.73 Å². The SMILES string of the molecule is Cc1ccc(C)c(C(N)CS(=O)(=O)CC(C)C)c1. The minimum absolute atomic E-state index is 0.0233. The first-order chi connectivity index (χ1) is 8.21. The molecule has 0 aliphatic carbocycles.